The van der Waals surface area contributed by atoms with Crippen molar-refractivity contribution < 1.29 is 28.6 Å². The van der Waals surface area contributed by atoms with E-state index in [0.29, 0.717) is 38.3 Å². The molecule has 3 aromatic heterocycles. The fraction of sp³-hybridized carbons (Fsp3) is 0.303. The lowest BCUT2D eigenvalue weighted by atomic mass is 9.93. The number of hydrogen-bond acceptors (Lipinski definition) is 7. The quantitative estimate of drug-likeness (QED) is 0.0962. The summed E-state index contributed by atoms with van der Waals surface area (Å²) in [5.41, 5.74) is 4.62. The first-order chi connectivity index (χ1) is 20.1. The van der Waals surface area contributed by atoms with Gasteiger partial charge in [-0.05, 0) is 61.4 Å². The van der Waals surface area contributed by atoms with Crippen molar-refractivity contribution >= 4 is 51.2 Å². The van der Waals surface area contributed by atoms with Crippen LogP contribution < -0.4 is 4.74 Å². The normalized spacial score (nSPS) is 12.0. The van der Waals surface area contributed by atoms with Crippen LogP contribution in [0.4, 0.5) is 0 Å². The van der Waals surface area contributed by atoms with Crippen LogP contribution >= 0.6 is 11.3 Å². The SMILES string of the molecule is CCOC(=O)CCCOc1ccc2c(c1)c(/C=C/C(=O)O)cn2Cc1ccc2oc(-c3nc(C(C)(C)C)cs3)cc2c1. The van der Waals surface area contributed by atoms with E-state index in [9.17, 15) is 14.7 Å². The second kappa shape index (κ2) is 12.2. The number of aromatic nitrogens is 2. The second-order valence-corrected chi connectivity index (χ2v) is 11.9. The summed E-state index contributed by atoms with van der Waals surface area (Å²) in [7, 11) is 0. The summed E-state index contributed by atoms with van der Waals surface area (Å²) in [4.78, 5) is 27.6. The predicted molar refractivity (Wildman–Crippen MR) is 165 cm³/mol. The van der Waals surface area contributed by atoms with Gasteiger partial charge in [-0.15, -0.1) is 11.3 Å². The smallest absolute Gasteiger partial charge is 0.328 e. The zero-order chi connectivity index (χ0) is 29.9. The Bertz CT molecular complexity index is 1770. The molecule has 0 amide bonds. The standard InChI is InChI=1S/C33H34N2O6S/c1-5-39-31(38)7-6-14-40-24-10-11-26-25(17-24)22(9-13-30(36)37)19-35(26)18-21-8-12-27-23(15-21)16-28(41-27)32-34-29(20-42-32)33(2,3)4/h8-13,15-17,19-20H,5-7,14,18H2,1-4H3,(H,36,37)/b13-9+. The molecule has 9 heteroatoms. The van der Waals surface area contributed by atoms with Gasteiger partial charge in [-0.2, -0.15) is 0 Å². The third kappa shape index (κ3) is 6.74. The van der Waals surface area contributed by atoms with Gasteiger partial charge in [-0.1, -0.05) is 26.8 Å². The van der Waals surface area contributed by atoms with E-state index < -0.39 is 5.97 Å². The maximum absolute atomic E-state index is 11.6. The molecule has 0 aliphatic rings. The van der Waals surface area contributed by atoms with Crippen molar-refractivity contribution in [3.8, 4) is 16.5 Å². The van der Waals surface area contributed by atoms with Gasteiger partial charge < -0.3 is 23.6 Å². The highest BCUT2D eigenvalue weighted by molar-refractivity contribution is 7.13. The number of rotatable bonds is 11. The molecule has 42 heavy (non-hydrogen) atoms. The second-order valence-electron chi connectivity index (χ2n) is 11.1. The summed E-state index contributed by atoms with van der Waals surface area (Å²) in [5.74, 6) is 0.152. The van der Waals surface area contributed by atoms with Crippen LogP contribution in [0.5, 0.6) is 5.75 Å². The lowest BCUT2D eigenvalue weighted by Crippen LogP contribution is -2.11. The lowest BCUT2D eigenvalue weighted by molar-refractivity contribution is -0.143. The zero-order valence-corrected chi connectivity index (χ0v) is 25.0. The maximum Gasteiger partial charge on any atom is 0.328 e. The van der Waals surface area contributed by atoms with Gasteiger partial charge in [0.15, 0.2) is 10.8 Å². The van der Waals surface area contributed by atoms with Gasteiger partial charge in [0.25, 0.3) is 0 Å². The number of furan rings is 1. The van der Waals surface area contributed by atoms with Crippen molar-refractivity contribution in [1.29, 1.82) is 0 Å². The molecule has 0 spiro atoms. The van der Waals surface area contributed by atoms with Gasteiger partial charge >= 0.3 is 11.9 Å². The molecule has 5 aromatic rings. The van der Waals surface area contributed by atoms with Gasteiger partial charge in [-0.3, -0.25) is 4.79 Å². The number of esters is 1. The molecule has 0 unspecified atom stereocenters. The molecule has 2 aromatic carbocycles. The largest absolute Gasteiger partial charge is 0.494 e. The van der Waals surface area contributed by atoms with Gasteiger partial charge in [0.05, 0.1) is 18.9 Å². The Morgan fingerprint density at radius 1 is 1.14 bits per heavy atom. The number of fused-ring (bicyclic) bond motifs is 2. The molecule has 5 rings (SSSR count). The molecule has 0 bridgehead atoms. The van der Waals surface area contributed by atoms with Crippen LogP contribution in [-0.2, 0) is 26.3 Å². The number of hydrogen-bond donors (Lipinski definition) is 1. The van der Waals surface area contributed by atoms with E-state index in [1.165, 1.54) is 0 Å². The average molecular weight is 587 g/mol. The predicted octanol–water partition coefficient (Wildman–Crippen LogP) is 7.68. The van der Waals surface area contributed by atoms with Gasteiger partial charge in [0.2, 0.25) is 0 Å². The van der Waals surface area contributed by atoms with Crippen LogP contribution in [0.2, 0.25) is 0 Å². The number of benzene rings is 2. The first kappa shape index (κ1) is 29.1. The first-order valence-corrected chi connectivity index (χ1v) is 14.8. The van der Waals surface area contributed by atoms with E-state index in [2.05, 4.69) is 36.8 Å². The van der Waals surface area contributed by atoms with E-state index in [1.807, 2.05) is 42.6 Å². The molecule has 0 aliphatic heterocycles. The van der Waals surface area contributed by atoms with Crippen molar-refractivity contribution in [2.45, 2.75) is 52.5 Å². The van der Waals surface area contributed by atoms with E-state index >= 15 is 0 Å². The van der Waals surface area contributed by atoms with Crippen LogP contribution in [-0.4, -0.2) is 39.8 Å². The number of ether oxygens (including phenoxy) is 2. The lowest BCUT2D eigenvalue weighted by Gasteiger charge is -2.13. The van der Waals surface area contributed by atoms with E-state index in [-0.39, 0.29) is 11.4 Å². The van der Waals surface area contributed by atoms with E-state index in [0.717, 1.165) is 55.5 Å². The van der Waals surface area contributed by atoms with Crippen molar-refractivity contribution in [1.82, 2.24) is 9.55 Å². The maximum atomic E-state index is 11.6. The van der Waals surface area contributed by atoms with Crippen LogP contribution in [0.15, 0.2) is 64.5 Å². The molecule has 0 saturated heterocycles. The minimum absolute atomic E-state index is 0.0248. The van der Waals surface area contributed by atoms with Crippen LogP contribution in [0.25, 0.3) is 38.7 Å². The number of carboxylic acids is 1. The highest BCUT2D eigenvalue weighted by Gasteiger charge is 2.19. The molecule has 0 fully saturated rings. The number of aliphatic carboxylic acids is 1. The van der Waals surface area contributed by atoms with Crippen LogP contribution in [0.1, 0.15) is 57.4 Å². The Labute approximate surface area is 248 Å². The molecule has 0 atom stereocenters. The molecule has 3 heterocycles. The summed E-state index contributed by atoms with van der Waals surface area (Å²) in [6.45, 7) is 9.54. The number of carbonyl (C=O) groups is 2. The third-order valence-corrected chi connectivity index (χ3v) is 7.66. The summed E-state index contributed by atoms with van der Waals surface area (Å²) in [5, 5.41) is 14.0. The molecule has 0 radical (unpaired) electrons. The first-order valence-electron chi connectivity index (χ1n) is 13.9. The van der Waals surface area contributed by atoms with E-state index in [1.54, 1.807) is 24.3 Å². The van der Waals surface area contributed by atoms with Crippen molar-refractivity contribution in [3.05, 3.63) is 76.9 Å². The fourth-order valence-corrected chi connectivity index (χ4v) is 5.68. The molecule has 0 saturated carbocycles. The molecule has 8 nitrogen and oxygen atoms in total. The van der Waals surface area contributed by atoms with Gasteiger partial charge in [0, 0.05) is 57.9 Å². The van der Waals surface area contributed by atoms with Crippen LogP contribution in [0, 0.1) is 0 Å². The fourth-order valence-electron chi connectivity index (χ4n) is 4.68. The number of thiazole rings is 1. The monoisotopic (exact) mass is 586 g/mol. The Kier molecular flexibility index (Phi) is 8.49. The topological polar surface area (TPSA) is 104 Å². The van der Waals surface area contributed by atoms with Gasteiger partial charge in [0.1, 0.15) is 11.3 Å². The van der Waals surface area contributed by atoms with Crippen molar-refractivity contribution in [3.63, 3.8) is 0 Å². The number of carboxylic acid groups (broad SMARTS) is 1. The molecular formula is C33H34N2O6S. The highest BCUT2D eigenvalue weighted by atomic mass is 32.1. The van der Waals surface area contributed by atoms with Gasteiger partial charge in [-0.25, -0.2) is 9.78 Å². The molecular weight excluding hydrogens is 552 g/mol. The molecule has 1 N–H and O–H groups in total. The minimum atomic E-state index is -1.02. The Balaban J connectivity index is 1.38. The summed E-state index contributed by atoms with van der Waals surface area (Å²) >= 11 is 1.58. The van der Waals surface area contributed by atoms with Crippen LogP contribution in [0.3, 0.4) is 0 Å². The summed E-state index contributed by atoms with van der Waals surface area (Å²) in [6, 6.07) is 13.9. The highest BCUT2D eigenvalue weighted by Crippen LogP contribution is 2.34. The number of nitrogens with zero attached hydrogens (tertiary/aromatic N) is 2. The van der Waals surface area contributed by atoms with E-state index in [4.69, 9.17) is 18.9 Å². The number of carbonyl (C=O) groups excluding carboxylic acids is 1. The molecule has 0 aliphatic carbocycles. The van der Waals surface area contributed by atoms with Crippen molar-refractivity contribution in [2.24, 2.45) is 0 Å². The van der Waals surface area contributed by atoms with Crippen molar-refractivity contribution in [2.75, 3.05) is 13.2 Å². The Morgan fingerprint density at radius 3 is 2.71 bits per heavy atom. The molecule has 218 valence electrons. The zero-order valence-electron chi connectivity index (χ0n) is 24.2. The third-order valence-electron chi connectivity index (χ3n) is 6.81. The Hall–Kier alpha value is -4.37. The summed E-state index contributed by atoms with van der Waals surface area (Å²) in [6.07, 6.45) is 5.51. The Morgan fingerprint density at radius 2 is 1.98 bits per heavy atom. The average Bonchev–Trinajstić information content (AvgIpc) is 3.67. The summed E-state index contributed by atoms with van der Waals surface area (Å²) < 4.78 is 19.1. The minimum Gasteiger partial charge on any atom is -0.494 e.